The number of likely N-dealkylation sites (tertiary alicyclic amines) is 1. The van der Waals surface area contributed by atoms with Crippen LogP contribution in [0, 0.1) is 11.8 Å². The van der Waals surface area contributed by atoms with Gasteiger partial charge in [-0.2, -0.15) is 0 Å². The number of hydrogen-bond donors (Lipinski definition) is 1. The van der Waals surface area contributed by atoms with Crippen molar-refractivity contribution in [2.45, 2.75) is 39.8 Å². The van der Waals surface area contributed by atoms with Gasteiger partial charge >= 0.3 is 0 Å². The molecule has 0 amide bonds. The number of piperidine rings is 1. The van der Waals surface area contributed by atoms with Crippen LogP contribution in [0.25, 0.3) is 0 Å². The van der Waals surface area contributed by atoms with Gasteiger partial charge in [0.1, 0.15) is 0 Å². The first-order chi connectivity index (χ1) is 9.20. The first-order valence-electron chi connectivity index (χ1n) is 7.64. The number of nitrogens with one attached hydrogen (secondary N) is 1. The summed E-state index contributed by atoms with van der Waals surface area (Å²) in [5, 5.41) is 3.27. The second-order valence-corrected chi connectivity index (χ2v) is 6.16. The van der Waals surface area contributed by atoms with Crippen LogP contribution in [0.1, 0.15) is 37.8 Å². The van der Waals surface area contributed by atoms with Gasteiger partial charge < -0.3 is 5.32 Å². The third kappa shape index (κ3) is 4.05. The molecule has 2 rings (SSSR count). The molecule has 0 aliphatic carbocycles. The Morgan fingerprint density at radius 1 is 1.16 bits per heavy atom. The SMILES string of the molecule is CNCc1ccccc1CN1CCC(C(C)C)CC1. The molecule has 2 heteroatoms. The van der Waals surface area contributed by atoms with E-state index in [0.29, 0.717) is 0 Å². The van der Waals surface area contributed by atoms with Crippen molar-refractivity contribution in [3.8, 4) is 0 Å². The molecule has 1 fully saturated rings. The van der Waals surface area contributed by atoms with Crippen molar-refractivity contribution in [1.82, 2.24) is 10.2 Å². The van der Waals surface area contributed by atoms with Crippen LogP contribution in [0.4, 0.5) is 0 Å². The lowest BCUT2D eigenvalue weighted by atomic mass is 9.86. The number of hydrogen-bond acceptors (Lipinski definition) is 2. The molecule has 0 atom stereocenters. The van der Waals surface area contributed by atoms with Gasteiger partial charge in [-0.25, -0.2) is 0 Å². The summed E-state index contributed by atoms with van der Waals surface area (Å²) in [5.41, 5.74) is 2.93. The lowest BCUT2D eigenvalue weighted by Gasteiger charge is -2.34. The van der Waals surface area contributed by atoms with E-state index in [1.165, 1.54) is 37.1 Å². The second kappa shape index (κ2) is 7.06. The molecule has 1 aromatic rings. The van der Waals surface area contributed by atoms with Crippen molar-refractivity contribution in [2.75, 3.05) is 20.1 Å². The number of benzene rings is 1. The summed E-state index contributed by atoms with van der Waals surface area (Å²) in [6.45, 7) is 9.33. The van der Waals surface area contributed by atoms with Crippen molar-refractivity contribution in [2.24, 2.45) is 11.8 Å². The molecule has 1 saturated heterocycles. The van der Waals surface area contributed by atoms with E-state index in [2.05, 4.69) is 48.3 Å². The molecule has 106 valence electrons. The normalized spacial score (nSPS) is 18.1. The summed E-state index contributed by atoms with van der Waals surface area (Å²) in [6, 6.07) is 8.82. The van der Waals surface area contributed by atoms with Gasteiger partial charge in [0, 0.05) is 13.1 Å². The molecule has 0 spiro atoms. The fourth-order valence-electron chi connectivity index (χ4n) is 3.09. The van der Waals surface area contributed by atoms with Gasteiger partial charge in [-0.15, -0.1) is 0 Å². The second-order valence-electron chi connectivity index (χ2n) is 6.16. The van der Waals surface area contributed by atoms with Gasteiger partial charge in [-0.3, -0.25) is 4.90 Å². The average Bonchev–Trinajstić information content (AvgIpc) is 2.42. The van der Waals surface area contributed by atoms with E-state index in [1.54, 1.807) is 0 Å². The predicted molar refractivity (Wildman–Crippen MR) is 82.0 cm³/mol. The highest BCUT2D eigenvalue weighted by molar-refractivity contribution is 5.27. The quantitative estimate of drug-likeness (QED) is 0.874. The van der Waals surface area contributed by atoms with Crippen LogP contribution in [0.2, 0.25) is 0 Å². The maximum Gasteiger partial charge on any atom is 0.0236 e. The Labute approximate surface area is 118 Å². The molecular formula is C17H28N2. The molecule has 0 saturated carbocycles. The van der Waals surface area contributed by atoms with E-state index in [9.17, 15) is 0 Å². The third-order valence-electron chi connectivity index (χ3n) is 4.45. The summed E-state index contributed by atoms with van der Waals surface area (Å²) in [6.07, 6.45) is 2.73. The van der Waals surface area contributed by atoms with Gasteiger partial charge in [0.15, 0.2) is 0 Å². The highest BCUT2D eigenvalue weighted by atomic mass is 15.1. The van der Waals surface area contributed by atoms with Crippen LogP contribution < -0.4 is 5.32 Å². The Bertz CT molecular complexity index is 379. The van der Waals surface area contributed by atoms with E-state index in [1.807, 2.05) is 7.05 Å². The first-order valence-corrected chi connectivity index (χ1v) is 7.64. The predicted octanol–water partition coefficient (Wildman–Crippen LogP) is 3.27. The Hall–Kier alpha value is -0.860. The Kier molecular flexibility index (Phi) is 5.41. The molecule has 0 unspecified atom stereocenters. The Balaban J connectivity index is 1.92. The van der Waals surface area contributed by atoms with Crippen molar-refractivity contribution in [1.29, 1.82) is 0 Å². The van der Waals surface area contributed by atoms with Crippen molar-refractivity contribution in [3.63, 3.8) is 0 Å². The molecule has 1 aromatic carbocycles. The van der Waals surface area contributed by atoms with E-state index in [4.69, 9.17) is 0 Å². The molecule has 0 radical (unpaired) electrons. The van der Waals surface area contributed by atoms with E-state index < -0.39 is 0 Å². The summed E-state index contributed by atoms with van der Waals surface area (Å²) in [5.74, 6) is 1.78. The monoisotopic (exact) mass is 260 g/mol. The van der Waals surface area contributed by atoms with Gasteiger partial charge in [0.05, 0.1) is 0 Å². The molecule has 19 heavy (non-hydrogen) atoms. The highest BCUT2D eigenvalue weighted by Gasteiger charge is 2.21. The summed E-state index contributed by atoms with van der Waals surface area (Å²) in [4.78, 5) is 2.62. The minimum atomic E-state index is 0.846. The molecule has 0 aromatic heterocycles. The fraction of sp³-hybridized carbons (Fsp3) is 0.647. The van der Waals surface area contributed by atoms with Crippen LogP contribution >= 0.6 is 0 Å². The van der Waals surface area contributed by atoms with Crippen molar-refractivity contribution >= 4 is 0 Å². The van der Waals surface area contributed by atoms with Crippen LogP contribution in [0.5, 0.6) is 0 Å². The van der Waals surface area contributed by atoms with Crippen molar-refractivity contribution < 1.29 is 0 Å². The zero-order valence-corrected chi connectivity index (χ0v) is 12.7. The van der Waals surface area contributed by atoms with Crippen LogP contribution in [-0.2, 0) is 13.1 Å². The third-order valence-corrected chi connectivity index (χ3v) is 4.45. The Morgan fingerprint density at radius 3 is 2.37 bits per heavy atom. The minimum Gasteiger partial charge on any atom is -0.316 e. The largest absolute Gasteiger partial charge is 0.316 e. The van der Waals surface area contributed by atoms with Gasteiger partial charge in [0.2, 0.25) is 0 Å². The maximum absolute atomic E-state index is 3.27. The molecule has 2 nitrogen and oxygen atoms in total. The fourth-order valence-corrected chi connectivity index (χ4v) is 3.09. The number of nitrogens with zero attached hydrogens (tertiary/aromatic N) is 1. The van der Waals surface area contributed by atoms with Crippen LogP contribution in [0.3, 0.4) is 0 Å². The molecular weight excluding hydrogens is 232 g/mol. The van der Waals surface area contributed by atoms with Crippen LogP contribution in [-0.4, -0.2) is 25.0 Å². The zero-order chi connectivity index (χ0) is 13.7. The summed E-state index contributed by atoms with van der Waals surface area (Å²) >= 11 is 0. The number of rotatable bonds is 5. The molecule has 0 bridgehead atoms. The van der Waals surface area contributed by atoms with Gasteiger partial charge in [0.25, 0.3) is 0 Å². The van der Waals surface area contributed by atoms with Crippen LogP contribution in [0.15, 0.2) is 24.3 Å². The van der Waals surface area contributed by atoms with Gasteiger partial charge in [-0.05, 0) is 55.9 Å². The standard InChI is InChI=1S/C17H28N2/c1-14(2)15-8-10-19(11-9-15)13-17-7-5-4-6-16(17)12-18-3/h4-7,14-15,18H,8-13H2,1-3H3. The average molecular weight is 260 g/mol. The first kappa shape index (κ1) is 14.5. The Morgan fingerprint density at radius 2 is 1.79 bits per heavy atom. The lowest BCUT2D eigenvalue weighted by molar-refractivity contribution is 0.151. The smallest absolute Gasteiger partial charge is 0.0236 e. The molecule has 1 N–H and O–H groups in total. The zero-order valence-electron chi connectivity index (χ0n) is 12.7. The topological polar surface area (TPSA) is 15.3 Å². The summed E-state index contributed by atoms with van der Waals surface area (Å²) < 4.78 is 0. The van der Waals surface area contributed by atoms with E-state index in [0.717, 1.165) is 24.9 Å². The van der Waals surface area contributed by atoms with E-state index in [-0.39, 0.29) is 0 Å². The maximum atomic E-state index is 3.27. The highest BCUT2D eigenvalue weighted by Crippen LogP contribution is 2.25. The molecule has 1 aliphatic heterocycles. The molecule has 1 heterocycles. The van der Waals surface area contributed by atoms with Crippen molar-refractivity contribution in [3.05, 3.63) is 35.4 Å². The molecule has 1 aliphatic rings. The lowest BCUT2D eigenvalue weighted by Crippen LogP contribution is -2.35. The summed E-state index contributed by atoms with van der Waals surface area (Å²) in [7, 11) is 2.02. The minimum absolute atomic E-state index is 0.846. The van der Waals surface area contributed by atoms with Gasteiger partial charge in [-0.1, -0.05) is 38.1 Å². The van der Waals surface area contributed by atoms with E-state index >= 15 is 0 Å².